The van der Waals surface area contributed by atoms with Crippen LogP contribution in [0.1, 0.15) is 54.1 Å². The van der Waals surface area contributed by atoms with E-state index in [2.05, 4.69) is 15.3 Å². The molecule has 10 heteroatoms. The van der Waals surface area contributed by atoms with Crippen molar-refractivity contribution in [3.8, 4) is 5.75 Å². The molecule has 3 aliphatic rings. The van der Waals surface area contributed by atoms with Gasteiger partial charge in [-0.05, 0) is 98.7 Å². The van der Waals surface area contributed by atoms with Gasteiger partial charge in [0, 0.05) is 35.1 Å². The maximum absolute atomic E-state index is 14.7. The summed E-state index contributed by atoms with van der Waals surface area (Å²) in [7, 11) is 1.29. The van der Waals surface area contributed by atoms with Crippen molar-refractivity contribution < 1.29 is 28.2 Å². The van der Waals surface area contributed by atoms with Crippen LogP contribution in [0.15, 0.2) is 70.9 Å². The number of ether oxygens (including phenoxy) is 1. The molecule has 0 amide bonds. The molecular formula is C34H36F2N4O4. The quantitative estimate of drug-likeness (QED) is 0.244. The van der Waals surface area contributed by atoms with Crippen molar-refractivity contribution in [3.63, 3.8) is 0 Å². The number of hydrogen-bond donors (Lipinski definition) is 2. The molecule has 1 unspecified atom stereocenters. The Labute approximate surface area is 255 Å². The first kappa shape index (κ1) is 31.0. The minimum absolute atomic E-state index is 0.0498. The van der Waals surface area contributed by atoms with Crippen LogP contribution in [0.2, 0.25) is 0 Å². The van der Waals surface area contributed by atoms with Crippen LogP contribution in [0.25, 0.3) is 5.57 Å². The number of ketones is 1. The Morgan fingerprint density at radius 3 is 2.66 bits per heavy atom. The third kappa shape index (κ3) is 7.02. The van der Waals surface area contributed by atoms with Crippen LogP contribution in [0, 0.1) is 23.5 Å². The number of carboxylic acids is 1. The highest BCUT2D eigenvalue weighted by atomic mass is 19.2. The zero-order valence-corrected chi connectivity index (χ0v) is 24.9. The lowest BCUT2D eigenvalue weighted by Crippen LogP contribution is -2.37. The number of benzene rings is 2. The van der Waals surface area contributed by atoms with Gasteiger partial charge in [-0.25, -0.2) is 9.38 Å². The van der Waals surface area contributed by atoms with E-state index in [0.29, 0.717) is 41.4 Å². The zero-order chi connectivity index (χ0) is 31.2. The Hall–Kier alpha value is -4.44. The number of nitrogens with zero attached hydrogens (tertiary/aromatic N) is 3. The van der Waals surface area contributed by atoms with Crippen LogP contribution in [0.3, 0.4) is 0 Å². The Morgan fingerprint density at radius 2 is 1.93 bits per heavy atom. The summed E-state index contributed by atoms with van der Waals surface area (Å²) in [5.41, 5.74) is 3.74. The van der Waals surface area contributed by atoms with Gasteiger partial charge < -0.3 is 15.2 Å². The number of amidine groups is 1. The molecular weight excluding hydrogens is 566 g/mol. The molecule has 0 aromatic heterocycles. The second kappa shape index (κ2) is 13.9. The predicted octanol–water partition coefficient (Wildman–Crippen LogP) is 6.30. The number of anilines is 1. The molecule has 2 aromatic carbocycles. The molecule has 230 valence electrons. The molecule has 2 N–H and O–H groups in total. The lowest BCUT2D eigenvalue weighted by molar-refractivity contribution is -0.138. The molecule has 3 aliphatic heterocycles. The van der Waals surface area contributed by atoms with Gasteiger partial charge in [-0.1, -0.05) is 19.1 Å². The van der Waals surface area contributed by atoms with E-state index in [1.165, 1.54) is 19.2 Å². The van der Waals surface area contributed by atoms with Gasteiger partial charge >= 0.3 is 5.97 Å². The molecule has 3 heterocycles. The largest absolute Gasteiger partial charge is 0.494 e. The summed E-state index contributed by atoms with van der Waals surface area (Å²) >= 11 is 0. The number of carbonyl (C=O) groups excluding carboxylic acids is 1. The van der Waals surface area contributed by atoms with Crippen molar-refractivity contribution in [1.29, 1.82) is 0 Å². The Bertz CT molecular complexity index is 1590. The minimum atomic E-state index is -1.02. The van der Waals surface area contributed by atoms with Crippen molar-refractivity contribution in [2.24, 2.45) is 21.8 Å². The monoisotopic (exact) mass is 602 g/mol. The van der Waals surface area contributed by atoms with Crippen LogP contribution in [-0.4, -0.2) is 60.1 Å². The number of aliphatic imine (C=N–C) groups is 2. The molecule has 0 radical (unpaired) electrons. The van der Waals surface area contributed by atoms with Gasteiger partial charge in [0.05, 0.1) is 19.4 Å². The Kier molecular flexibility index (Phi) is 9.79. The van der Waals surface area contributed by atoms with E-state index < -0.39 is 17.6 Å². The maximum atomic E-state index is 14.7. The lowest BCUT2D eigenvalue weighted by Gasteiger charge is -2.30. The average Bonchev–Trinajstić information content (AvgIpc) is 3.02. The molecule has 1 fully saturated rings. The Balaban J connectivity index is 1.24. The normalized spacial score (nSPS) is 18.8. The third-order valence-corrected chi connectivity index (χ3v) is 8.35. The van der Waals surface area contributed by atoms with E-state index in [9.17, 15) is 18.4 Å². The van der Waals surface area contributed by atoms with E-state index >= 15 is 0 Å². The van der Waals surface area contributed by atoms with Crippen molar-refractivity contribution in [3.05, 3.63) is 89.3 Å². The first-order valence-corrected chi connectivity index (χ1v) is 14.9. The molecule has 0 bridgehead atoms. The van der Waals surface area contributed by atoms with Crippen molar-refractivity contribution >= 4 is 34.6 Å². The maximum Gasteiger partial charge on any atom is 0.317 e. The van der Waals surface area contributed by atoms with Gasteiger partial charge in [0.2, 0.25) is 5.82 Å². The van der Waals surface area contributed by atoms with E-state index in [-0.39, 0.29) is 29.6 Å². The summed E-state index contributed by atoms with van der Waals surface area (Å²) in [6, 6.07) is 8.51. The third-order valence-electron chi connectivity index (χ3n) is 8.35. The van der Waals surface area contributed by atoms with E-state index in [1.807, 2.05) is 42.2 Å². The van der Waals surface area contributed by atoms with Crippen LogP contribution in [0.4, 0.5) is 14.5 Å². The number of halogens is 2. The van der Waals surface area contributed by atoms with E-state index in [0.717, 1.165) is 43.6 Å². The van der Waals surface area contributed by atoms with E-state index in [1.54, 1.807) is 18.5 Å². The number of aryl methyl sites for hydroxylation is 1. The molecule has 8 nitrogen and oxygen atoms in total. The average molecular weight is 603 g/mol. The number of likely N-dealkylation sites (tertiary alicyclic amines) is 1. The molecule has 1 atom stereocenters. The number of allylic oxidation sites excluding steroid dienone is 4. The van der Waals surface area contributed by atoms with Gasteiger partial charge in [0.1, 0.15) is 0 Å². The molecule has 1 saturated heterocycles. The summed E-state index contributed by atoms with van der Waals surface area (Å²) in [6.07, 6.45) is 12.4. The minimum Gasteiger partial charge on any atom is -0.494 e. The first-order chi connectivity index (χ1) is 21.3. The summed E-state index contributed by atoms with van der Waals surface area (Å²) in [6.45, 7) is 3.61. The SMILES string of the molecule is CCc1cc(NC2=NC=CC3CC(c4ccc(OC)c(F)c4F)=CN=C23)ccc1C(=O)/C=C/CC1CCN(CC(=O)O)CC1. The lowest BCUT2D eigenvalue weighted by atomic mass is 9.87. The van der Waals surface area contributed by atoms with Gasteiger partial charge in [-0.3, -0.25) is 19.5 Å². The summed E-state index contributed by atoms with van der Waals surface area (Å²) in [4.78, 5) is 35.0. The summed E-state index contributed by atoms with van der Waals surface area (Å²) in [5, 5.41) is 12.3. The topological polar surface area (TPSA) is 104 Å². The second-order valence-electron chi connectivity index (χ2n) is 11.2. The highest BCUT2D eigenvalue weighted by Crippen LogP contribution is 2.34. The molecule has 5 rings (SSSR count). The number of carbonyl (C=O) groups is 2. The van der Waals surface area contributed by atoms with Crippen LogP contribution < -0.4 is 10.1 Å². The number of aliphatic carboxylic acids is 1. The standard InChI is InChI=1S/C34H36F2N4O4/c1-3-22-18-25(7-8-26(22)28(41)6-4-5-21-12-15-40(16-13-21)20-30(42)43)39-34-33-23(11-14-37-34)17-24(19-38-33)27-9-10-29(44-2)32(36)31(27)35/h4,6-11,14,18-19,21,23H,3,5,12-13,15-17,20H2,1-2H3,(H,37,39)(H,42,43)/b6-4+. The highest BCUT2D eigenvalue weighted by Gasteiger charge is 2.28. The molecule has 0 spiro atoms. The molecule has 0 aliphatic carbocycles. The fourth-order valence-corrected chi connectivity index (χ4v) is 5.90. The zero-order valence-electron chi connectivity index (χ0n) is 24.9. The fourth-order valence-electron chi connectivity index (χ4n) is 5.90. The summed E-state index contributed by atoms with van der Waals surface area (Å²) in [5.74, 6) is -2.15. The van der Waals surface area contributed by atoms with Crippen LogP contribution in [-0.2, 0) is 11.2 Å². The molecule has 44 heavy (non-hydrogen) atoms. The number of methoxy groups -OCH3 is 1. The van der Waals surface area contributed by atoms with Crippen LogP contribution >= 0.6 is 0 Å². The highest BCUT2D eigenvalue weighted by molar-refractivity contribution is 6.47. The van der Waals surface area contributed by atoms with Crippen molar-refractivity contribution in [2.75, 3.05) is 32.1 Å². The van der Waals surface area contributed by atoms with Gasteiger partial charge in [0.25, 0.3) is 0 Å². The number of rotatable bonds is 10. The van der Waals surface area contributed by atoms with E-state index in [4.69, 9.17) is 9.84 Å². The second-order valence-corrected chi connectivity index (χ2v) is 11.2. The van der Waals surface area contributed by atoms with Crippen molar-refractivity contribution in [1.82, 2.24) is 4.90 Å². The summed E-state index contributed by atoms with van der Waals surface area (Å²) < 4.78 is 33.9. The number of piperidine rings is 1. The molecule has 0 saturated carbocycles. The van der Waals surface area contributed by atoms with Crippen LogP contribution in [0.5, 0.6) is 5.75 Å². The first-order valence-electron chi connectivity index (χ1n) is 14.9. The predicted molar refractivity (Wildman–Crippen MR) is 167 cm³/mol. The van der Waals surface area contributed by atoms with Gasteiger partial charge in [-0.15, -0.1) is 0 Å². The smallest absolute Gasteiger partial charge is 0.317 e. The fraction of sp³-hybridized carbons (Fsp3) is 0.353. The number of nitrogens with one attached hydrogen (secondary N) is 1. The van der Waals surface area contributed by atoms with Crippen molar-refractivity contribution in [2.45, 2.75) is 39.0 Å². The Morgan fingerprint density at radius 1 is 1.14 bits per heavy atom. The number of hydrogen-bond acceptors (Lipinski definition) is 7. The molecule has 2 aromatic rings. The van der Waals surface area contributed by atoms with Gasteiger partial charge in [0.15, 0.2) is 23.2 Å². The van der Waals surface area contributed by atoms with Gasteiger partial charge in [-0.2, -0.15) is 4.39 Å². The number of carboxylic acid groups (broad SMARTS) is 1. The number of fused-ring (bicyclic) bond motifs is 1.